The third-order valence-corrected chi connectivity index (χ3v) is 3.96. The van der Waals surface area contributed by atoms with Gasteiger partial charge in [-0.1, -0.05) is 46.3 Å². The van der Waals surface area contributed by atoms with Gasteiger partial charge in [-0.2, -0.15) is 0 Å². The van der Waals surface area contributed by atoms with Gasteiger partial charge in [-0.3, -0.25) is 4.79 Å². The number of nitrogen functional groups attached to an aromatic ring is 1. The fourth-order valence-electron chi connectivity index (χ4n) is 2.25. The number of halogens is 1. The maximum absolute atomic E-state index is 12.3. The van der Waals surface area contributed by atoms with E-state index in [-0.39, 0.29) is 5.91 Å². The summed E-state index contributed by atoms with van der Waals surface area (Å²) < 4.78 is 1.00. The standard InChI is InChI=1S/C17H13BrN2O/c18-15-8-9-16(14-7-2-1-6-13(14)15)20-17(21)11-4-3-5-12(19)10-11/h1-10H,19H2,(H,20,21). The van der Waals surface area contributed by atoms with E-state index >= 15 is 0 Å². The van der Waals surface area contributed by atoms with Crippen molar-refractivity contribution in [3.8, 4) is 0 Å². The van der Waals surface area contributed by atoms with E-state index in [2.05, 4.69) is 21.2 Å². The zero-order chi connectivity index (χ0) is 14.8. The Morgan fingerprint density at radius 1 is 0.952 bits per heavy atom. The number of anilines is 2. The van der Waals surface area contributed by atoms with Crippen molar-refractivity contribution in [3.63, 3.8) is 0 Å². The summed E-state index contributed by atoms with van der Waals surface area (Å²) in [5.41, 5.74) is 7.61. The van der Waals surface area contributed by atoms with Gasteiger partial charge in [0.25, 0.3) is 5.91 Å². The van der Waals surface area contributed by atoms with E-state index in [1.807, 2.05) is 36.4 Å². The van der Waals surface area contributed by atoms with Crippen LogP contribution in [0.15, 0.2) is 65.1 Å². The van der Waals surface area contributed by atoms with Gasteiger partial charge >= 0.3 is 0 Å². The van der Waals surface area contributed by atoms with Crippen molar-refractivity contribution in [1.82, 2.24) is 0 Å². The predicted molar refractivity (Wildman–Crippen MR) is 90.5 cm³/mol. The first-order chi connectivity index (χ1) is 10.1. The highest BCUT2D eigenvalue weighted by Gasteiger charge is 2.09. The topological polar surface area (TPSA) is 55.1 Å². The van der Waals surface area contributed by atoms with Gasteiger partial charge in [-0.15, -0.1) is 0 Å². The van der Waals surface area contributed by atoms with Crippen molar-refractivity contribution < 1.29 is 4.79 Å². The number of rotatable bonds is 2. The van der Waals surface area contributed by atoms with Crippen LogP contribution in [0.5, 0.6) is 0 Å². The van der Waals surface area contributed by atoms with E-state index in [1.165, 1.54) is 0 Å². The number of benzene rings is 3. The van der Waals surface area contributed by atoms with Gasteiger partial charge in [-0.25, -0.2) is 0 Å². The largest absolute Gasteiger partial charge is 0.399 e. The average Bonchev–Trinajstić information content (AvgIpc) is 2.50. The molecule has 3 rings (SSSR count). The van der Waals surface area contributed by atoms with Crippen molar-refractivity contribution in [1.29, 1.82) is 0 Å². The zero-order valence-electron chi connectivity index (χ0n) is 11.1. The lowest BCUT2D eigenvalue weighted by molar-refractivity contribution is 0.102. The summed E-state index contributed by atoms with van der Waals surface area (Å²) in [6.45, 7) is 0. The molecule has 3 nitrogen and oxygen atoms in total. The summed E-state index contributed by atoms with van der Waals surface area (Å²) in [4.78, 5) is 12.3. The smallest absolute Gasteiger partial charge is 0.255 e. The van der Waals surface area contributed by atoms with Crippen LogP contribution in [0.2, 0.25) is 0 Å². The van der Waals surface area contributed by atoms with Crippen LogP contribution >= 0.6 is 15.9 Å². The minimum absolute atomic E-state index is 0.172. The number of carbonyl (C=O) groups excluding carboxylic acids is 1. The summed E-state index contributed by atoms with van der Waals surface area (Å²) in [5, 5.41) is 4.99. The van der Waals surface area contributed by atoms with Crippen LogP contribution in [0.1, 0.15) is 10.4 Å². The molecule has 0 heterocycles. The first-order valence-electron chi connectivity index (χ1n) is 6.49. The number of fused-ring (bicyclic) bond motifs is 1. The van der Waals surface area contributed by atoms with Crippen LogP contribution in [-0.2, 0) is 0 Å². The van der Waals surface area contributed by atoms with Crippen LogP contribution in [0.3, 0.4) is 0 Å². The number of hydrogen-bond donors (Lipinski definition) is 2. The molecule has 0 saturated carbocycles. The Hall–Kier alpha value is -2.33. The van der Waals surface area contributed by atoms with Gasteiger partial charge in [0, 0.05) is 26.8 Å². The molecule has 0 aliphatic carbocycles. The van der Waals surface area contributed by atoms with E-state index in [0.29, 0.717) is 11.3 Å². The van der Waals surface area contributed by atoms with E-state index in [0.717, 1.165) is 20.9 Å². The Balaban J connectivity index is 1.99. The molecule has 3 aromatic carbocycles. The van der Waals surface area contributed by atoms with E-state index in [1.54, 1.807) is 24.3 Å². The minimum atomic E-state index is -0.172. The lowest BCUT2D eigenvalue weighted by atomic mass is 10.1. The van der Waals surface area contributed by atoms with Crippen molar-refractivity contribution in [2.24, 2.45) is 0 Å². The number of hydrogen-bond acceptors (Lipinski definition) is 2. The Labute approximate surface area is 130 Å². The van der Waals surface area contributed by atoms with E-state index < -0.39 is 0 Å². The normalized spacial score (nSPS) is 10.5. The SMILES string of the molecule is Nc1cccc(C(=O)Nc2ccc(Br)c3ccccc23)c1. The minimum Gasteiger partial charge on any atom is -0.399 e. The fraction of sp³-hybridized carbons (Fsp3) is 0. The molecule has 0 atom stereocenters. The average molecular weight is 341 g/mol. The molecular formula is C17H13BrN2O. The highest BCUT2D eigenvalue weighted by Crippen LogP contribution is 2.30. The van der Waals surface area contributed by atoms with Crippen LogP contribution in [-0.4, -0.2) is 5.91 Å². The van der Waals surface area contributed by atoms with Crippen molar-refractivity contribution in [2.75, 3.05) is 11.1 Å². The predicted octanol–water partition coefficient (Wildman–Crippen LogP) is 4.44. The first kappa shape index (κ1) is 13.6. The van der Waals surface area contributed by atoms with Crippen LogP contribution < -0.4 is 11.1 Å². The second kappa shape index (κ2) is 5.58. The highest BCUT2D eigenvalue weighted by atomic mass is 79.9. The molecule has 21 heavy (non-hydrogen) atoms. The number of nitrogens with two attached hydrogens (primary N) is 1. The zero-order valence-corrected chi connectivity index (χ0v) is 12.7. The second-order valence-electron chi connectivity index (χ2n) is 4.72. The third kappa shape index (κ3) is 2.76. The van der Waals surface area contributed by atoms with Crippen molar-refractivity contribution in [3.05, 3.63) is 70.7 Å². The monoisotopic (exact) mass is 340 g/mol. The second-order valence-corrected chi connectivity index (χ2v) is 5.57. The molecule has 0 fully saturated rings. The molecule has 0 aromatic heterocycles. The summed E-state index contributed by atoms with van der Waals surface area (Å²) in [6.07, 6.45) is 0. The molecule has 3 N–H and O–H groups in total. The van der Waals surface area contributed by atoms with Gasteiger partial charge in [0.1, 0.15) is 0 Å². The molecule has 0 saturated heterocycles. The molecule has 0 unspecified atom stereocenters. The van der Waals surface area contributed by atoms with E-state index in [4.69, 9.17) is 5.73 Å². The van der Waals surface area contributed by atoms with Gasteiger partial charge < -0.3 is 11.1 Å². The molecule has 104 valence electrons. The fourth-order valence-corrected chi connectivity index (χ4v) is 2.72. The third-order valence-electron chi connectivity index (χ3n) is 3.27. The van der Waals surface area contributed by atoms with Gasteiger partial charge in [0.2, 0.25) is 0 Å². The maximum atomic E-state index is 12.3. The first-order valence-corrected chi connectivity index (χ1v) is 7.28. The summed E-state index contributed by atoms with van der Waals surface area (Å²) in [6, 6.07) is 18.7. The Bertz CT molecular complexity index is 830. The molecule has 0 radical (unpaired) electrons. The van der Waals surface area contributed by atoms with Crippen molar-refractivity contribution in [2.45, 2.75) is 0 Å². The highest BCUT2D eigenvalue weighted by molar-refractivity contribution is 9.10. The summed E-state index contributed by atoms with van der Waals surface area (Å²) >= 11 is 3.52. The van der Waals surface area contributed by atoms with Crippen molar-refractivity contribution >= 4 is 44.0 Å². The summed E-state index contributed by atoms with van der Waals surface area (Å²) in [5.74, 6) is -0.172. The molecule has 3 aromatic rings. The molecule has 0 bridgehead atoms. The number of nitrogens with one attached hydrogen (secondary N) is 1. The summed E-state index contributed by atoms with van der Waals surface area (Å²) in [7, 11) is 0. The molecule has 0 spiro atoms. The molecule has 0 aliphatic heterocycles. The van der Waals surface area contributed by atoms with Crippen LogP contribution in [0.25, 0.3) is 10.8 Å². The number of carbonyl (C=O) groups is 1. The molecule has 1 amide bonds. The quantitative estimate of drug-likeness (QED) is 0.677. The van der Waals surface area contributed by atoms with Gasteiger partial charge in [-0.05, 0) is 35.7 Å². The van der Waals surface area contributed by atoms with Gasteiger partial charge in [0.15, 0.2) is 0 Å². The molecular weight excluding hydrogens is 328 g/mol. The number of amides is 1. The Kier molecular flexibility index (Phi) is 3.62. The van der Waals surface area contributed by atoms with Crippen LogP contribution in [0.4, 0.5) is 11.4 Å². The Morgan fingerprint density at radius 2 is 1.71 bits per heavy atom. The Morgan fingerprint density at radius 3 is 2.48 bits per heavy atom. The molecule has 4 heteroatoms. The lowest BCUT2D eigenvalue weighted by Gasteiger charge is -2.10. The molecule has 0 aliphatic rings. The lowest BCUT2D eigenvalue weighted by Crippen LogP contribution is -2.12. The van der Waals surface area contributed by atoms with E-state index in [9.17, 15) is 4.79 Å². The maximum Gasteiger partial charge on any atom is 0.255 e. The van der Waals surface area contributed by atoms with Gasteiger partial charge in [0.05, 0.1) is 0 Å². The van der Waals surface area contributed by atoms with Crippen LogP contribution in [0, 0.1) is 0 Å².